The van der Waals surface area contributed by atoms with Crippen LogP contribution in [0.5, 0.6) is 0 Å². The van der Waals surface area contributed by atoms with E-state index in [-0.39, 0.29) is 0 Å². The zero-order chi connectivity index (χ0) is 16.0. The Kier molecular flexibility index (Phi) is 3.36. The predicted octanol–water partition coefficient (Wildman–Crippen LogP) is 5.03. The van der Waals surface area contributed by atoms with Crippen LogP contribution in [0.1, 0.15) is 5.82 Å². The van der Waals surface area contributed by atoms with Gasteiger partial charge in [-0.05, 0) is 43.3 Å². The summed E-state index contributed by atoms with van der Waals surface area (Å²) in [6.45, 7) is 1.97. The smallest absolute Gasteiger partial charge is 0.138 e. The molecule has 1 N–H and O–H groups in total. The Balaban J connectivity index is 1.75. The molecule has 0 spiro atoms. The number of benzene rings is 2. The van der Waals surface area contributed by atoms with Crippen LogP contribution in [0.25, 0.3) is 28.1 Å². The minimum atomic E-state index is 0.503. The van der Waals surface area contributed by atoms with Crippen LogP contribution in [-0.4, -0.2) is 19.5 Å². The molecule has 0 aliphatic carbocycles. The van der Waals surface area contributed by atoms with E-state index in [9.17, 15) is 0 Å². The van der Waals surface area contributed by atoms with E-state index < -0.39 is 0 Å². The molecule has 2 heterocycles. The van der Waals surface area contributed by atoms with Crippen LogP contribution in [0.2, 0.25) is 10.0 Å². The molecule has 0 radical (unpaired) electrons. The second kappa shape index (κ2) is 5.41. The van der Waals surface area contributed by atoms with Gasteiger partial charge in [0.15, 0.2) is 0 Å². The van der Waals surface area contributed by atoms with Gasteiger partial charge in [0.2, 0.25) is 0 Å². The molecule has 0 unspecified atom stereocenters. The van der Waals surface area contributed by atoms with Crippen molar-refractivity contribution in [2.24, 2.45) is 0 Å². The molecule has 0 bridgehead atoms. The number of aromatic amines is 1. The summed E-state index contributed by atoms with van der Waals surface area (Å²) in [7, 11) is 0. The third-order valence-corrected chi connectivity index (χ3v) is 4.49. The third kappa shape index (κ3) is 2.50. The fourth-order valence-corrected chi connectivity index (χ4v) is 2.89. The lowest BCUT2D eigenvalue weighted by atomic mass is 10.2. The van der Waals surface area contributed by atoms with Gasteiger partial charge in [0.25, 0.3) is 0 Å². The lowest BCUT2D eigenvalue weighted by Crippen LogP contribution is -1.95. The average molecular weight is 343 g/mol. The lowest BCUT2D eigenvalue weighted by Gasteiger charge is -2.05. The summed E-state index contributed by atoms with van der Waals surface area (Å²) in [6, 6.07) is 11.7. The molecule has 0 fully saturated rings. The van der Waals surface area contributed by atoms with Crippen LogP contribution in [0.15, 0.2) is 48.8 Å². The number of nitrogens with zero attached hydrogens (tertiary/aromatic N) is 3. The molecule has 114 valence electrons. The van der Waals surface area contributed by atoms with Gasteiger partial charge in [-0.15, -0.1) is 0 Å². The number of aromatic nitrogens is 4. The maximum absolute atomic E-state index is 6.05. The van der Waals surface area contributed by atoms with E-state index in [2.05, 4.69) is 15.0 Å². The van der Waals surface area contributed by atoms with Crippen molar-refractivity contribution in [1.29, 1.82) is 0 Å². The Labute approximate surface area is 142 Å². The first-order chi connectivity index (χ1) is 11.1. The van der Waals surface area contributed by atoms with Crippen molar-refractivity contribution in [2.45, 2.75) is 6.92 Å². The van der Waals surface area contributed by atoms with Gasteiger partial charge in [-0.3, -0.25) is 0 Å². The lowest BCUT2D eigenvalue weighted by molar-refractivity contribution is 0.975. The number of rotatable bonds is 2. The Morgan fingerprint density at radius 2 is 1.78 bits per heavy atom. The van der Waals surface area contributed by atoms with E-state index in [1.807, 2.05) is 42.0 Å². The summed E-state index contributed by atoms with van der Waals surface area (Å²) in [5.41, 5.74) is 3.72. The molecular weight excluding hydrogens is 331 g/mol. The second-order valence-corrected chi connectivity index (χ2v) is 6.07. The summed E-state index contributed by atoms with van der Waals surface area (Å²) < 4.78 is 2.03. The van der Waals surface area contributed by atoms with Crippen molar-refractivity contribution < 1.29 is 0 Å². The van der Waals surface area contributed by atoms with Crippen molar-refractivity contribution in [1.82, 2.24) is 19.5 Å². The van der Waals surface area contributed by atoms with E-state index in [0.29, 0.717) is 10.0 Å². The van der Waals surface area contributed by atoms with Gasteiger partial charge in [-0.1, -0.05) is 23.2 Å². The molecule has 2 aromatic carbocycles. The highest BCUT2D eigenvalue weighted by Gasteiger charge is 2.09. The highest BCUT2D eigenvalue weighted by atomic mass is 35.5. The van der Waals surface area contributed by atoms with Crippen molar-refractivity contribution >= 4 is 34.2 Å². The number of hydrogen-bond acceptors (Lipinski definition) is 2. The zero-order valence-electron chi connectivity index (χ0n) is 12.2. The molecule has 4 aromatic rings. The second-order valence-electron chi connectivity index (χ2n) is 5.26. The molecule has 2 aromatic heterocycles. The average Bonchev–Trinajstić information content (AvgIpc) is 3.14. The van der Waals surface area contributed by atoms with Crippen LogP contribution in [-0.2, 0) is 0 Å². The highest BCUT2D eigenvalue weighted by Crippen LogP contribution is 2.29. The van der Waals surface area contributed by atoms with Crippen molar-refractivity contribution in [2.75, 3.05) is 0 Å². The SMILES string of the molecule is Cc1nccn1-c1ccc(-c2nc3cc(Cl)c(Cl)cc3[nH]2)cc1. The van der Waals surface area contributed by atoms with Gasteiger partial charge in [0.05, 0.1) is 21.1 Å². The first-order valence-electron chi connectivity index (χ1n) is 7.07. The minimum absolute atomic E-state index is 0.503. The molecule has 23 heavy (non-hydrogen) atoms. The topological polar surface area (TPSA) is 46.5 Å². The molecule has 0 atom stereocenters. The summed E-state index contributed by atoms with van der Waals surface area (Å²) in [5.74, 6) is 1.73. The maximum atomic E-state index is 6.05. The molecule has 0 aliphatic rings. The fraction of sp³-hybridized carbons (Fsp3) is 0.0588. The van der Waals surface area contributed by atoms with E-state index in [1.165, 1.54) is 0 Å². The molecular formula is C17H12Cl2N4. The molecule has 4 rings (SSSR count). The van der Waals surface area contributed by atoms with Gasteiger partial charge in [-0.25, -0.2) is 9.97 Å². The Morgan fingerprint density at radius 3 is 2.48 bits per heavy atom. The molecule has 0 aliphatic heterocycles. The highest BCUT2D eigenvalue weighted by molar-refractivity contribution is 6.42. The van der Waals surface area contributed by atoms with Crippen LogP contribution in [0.4, 0.5) is 0 Å². The fourth-order valence-electron chi connectivity index (χ4n) is 2.57. The van der Waals surface area contributed by atoms with Gasteiger partial charge >= 0.3 is 0 Å². The Morgan fingerprint density at radius 1 is 1.04 bits per heavy atom. The normalized spacial score (nSPS) is 11.3. The number of halogens is 2. The molecule has 0 amide bonds. The monoisotopic (exact) mass is 342 g/mol. The van der Waals surface area contributed by atoms with Gasteiger partial charge in [0, 0.05) is 23.6 Å². The number of hydrogen-bond donors (Lipinski definition) is 1. The summed E-state index contributed by atoms with van der Waals surface area (Å²) >= 11 is 12.1. The van der Waals surface area contributed by atoms with E-state index in [1.54, 1.807) is 18.3 Å². The Hall–Kier alpha value is -2.30. The zero-order valence-corrected chi connectivity index (χ0v) is 13.7. The van der Waals surface area contributed by atoms with Crippen LogP contribution in [0, 0.1) is 6.92 Å². The maximum Gasteiger partial charge on any atom is 0.138 e. The van der Waals surface area contributed by atoms with Gasteiger partial charge in [0.1, 0.15) is 11.6 Å². The van der Waals surface area contributed by atoms with E-state index in [0.717, 1.165) is 33.9 Å². The molecule has 6 heteroatoms. The largest absolute Gasteiger partial charge is 0.338 e. The van der Waals surface area contributed by atoms with Gasteiger partial charge < -0.3 is 9.55 Å². The van der Waals surface area contributed by atoms with Crippen molar-refractivity contribution in [3.63, 3.8) is 0 Å². The van der Waals surface area contributed by atoms with Crippen molar-refractivity contribution in [3.05, 3.63) is 64.7 Å². The van der Waals surface area contributed by atoms with Crippen LogP contribution >= 0.6 is 23.2 Å². The quantitative estimate of drug-likeness (QED) is 0.555. The molecule has 0 saturated heterocycles. The molecule has 0 saturated carbocycles. The summed E-state index contributed by atoms with van der Waals surface area (Å²) in [5, 5.41) is 1.02. The van der Waals surface area contributed by atoms with Crippen LogP contribution in [0.3, 0.4) is 0 Å². The molecule has 4 nitrogen and oxygen atoms in total. The first-order valence-corrected chi connectivity index (χ1v) is 7.83. The number of imidazole rings is 2. The number of H-pyrrole nitrogens is 1. The van der Waals surface area contributed by atoms with E-state index >= 15 is 0 Å². The number of fused-ring (bicyclic) bond motifs is 1. The minimum Gasteiger partial charge on any atom is -0.338 e. The number of nitrogens with one attached hydrogen (secondary N) is 1. The van der Waals surface area contributed by atoms with Crippen molar-refractivity contribution in [3.8, 4) is 17.1 Å². The van der Waals surface area contributed by atoms with Crippen LogP contribution < -0.4 is 0 Å². The third-order valence-electron chi connectivity index (χ3n) is 3.77. The van der Waals surface area contributed by atoms with E-state index in [4.69, 9.17) is 23.2 Å². The predicted molar refractivity (Wildman–Crippen MR) is 93.4 cm³/mol. The Bertz CT molecular complexity index is 960. The number of aryl methyl sites for hydroxylation is 1. The first kappa shape index (κ1) is 14.3. The standard InChI is InChI=1S/C17H12Cl2N4/c1-10-20-6-7-23(10)12-4-2-11(3-5-12)17-21-15-8-13(18)14(19)9-16(15)22-17/h2-9H,1H3,(H,21,22). The summed E-state index contributed by atoms with van der Waals surface area (Å²) in [6.07, 6.45) is 3.73. The summed E-state index contributed by atoms with van der Waals surface area (Å²) in [4.78, 5) is 12.1. The van der Waals surface area contributed by atoms with Gasteiger partial charge in [-0.2, -0.15) is 0 Å².